The number of hydrogen-bond donors (Lipinski definition) is 0. The molecule has 2 aromatic rings. The van der Waals surface area contributed by atoms with Crippen LogP contribution >= 0.6 is 0 Å². The van der Waals surface area contributed by atoms with Crippen molar-refractivity contribution in [2.45, 2.75) is 63.9 Å². The van der Waals surface area contributed by atoms with Gasteiger partial charge in [0.25, 0.3) is 0 Å². The van der Waals surface area contributed by atoms with Gasteiger partial charge < -0.3 is 4.74 Å². The minimum atomic E-state index is -2.85. The van der Waals surface area contributed by atoms with Crippen LogP contribution in [-0.4, -0.2) is 6.61 Å². The van der Waals surface area contributed by atoms with Gasteiger partial charge in [-0.2, -0.15) is 8.78 Å². The highest BCUT2D eigenvalue weighted by Gasteiger charge is 2.43. The summed E-state index contributed by atoms with van der Waals surface area (Å²) in [7, 11) is 0. The summed E-state index contributed by atoms with van der Waals surface area (Å²) in [5.74, 6) is 0.262. The Kier molecular flexibility index (Phi) is 6.68. The minimum Gasteiger partial charge on any atom is -0.435 e. The molecule has 0 saturated heterocycles. The van der Waals surface area contributed by atoms with Crippen LogP contribution in [-0.2, 0) is 6.42 Å². The monoisotopic (exact) mass is 432 g/mol. The molecule has 4 rings (SSSR count). The van der Waals surface area contributed by atoms with Gasteiger partial charge in [-0.1, -0.05) is 24.3 Å². The highest BCUT2D eigenvalue weighted by molar-refractivity contribution is 5.39. The van der Waals surface area contributed by atoms with Crippen molar-refractivity contribution < 1.29 is 22.3 Å². The number of alkyl halides is 2. The molecule has 1 fully saturated rings. The third-order valence-electron chi connectivity index (χ3n) is 7.09. The molecule has 0 aliphatic heterocycles. The Balaban J connectivity index is 1.67. The van der Waals surface area contributed by atoms with Crippen molar-refractivity contribution >= 4 is 0 Å². The Morgan fingerprint density at radius 2 is 1.84 bits per heavy atom. The van der Waals surface area contributed by atoms with E-state index in [1.165, 1.54) is 6.07 Å². The lowest BCUT2D eigenvalue weighted by Gasteiger charge is -2.47. The van der Waals surface area contributed by atoms with Crippen LogP contribution in [0.5, 0.6) is 5.75 Å². The molecule has 0 amide bonds. The molecule has 0 aromatic heterocycles. The first kappa shape index (κ1) is 21.9. The first-order valence-electron chi connectivity index (χ1n) is 11.1. The fourth-order valence-corrected chi connectivity index (χ4v) is 5.87. The first-order valence-corrected chi connectivity index (χ1v) is 11.1. The number of halogens is 4. The first-order chi connectivity index (χ1) is 15.0. The number of fused-ring (bicyclic) bond motifs is 3. The van der Waals surface area contributed by atoms with Crippen molar-refractivity contribution in [3.8, 4) is 5.75 Å². The second kappa shape index (κ2) is 9.46. The van der Waals surface area contributed by atoms with Crippen LogP contribution in [0.15, 0.2) is 48.6 Å². The Morgan fingerprint density at radius 1 is 1.06 bits per heavy atom. The highest BCUT2D eigenvalue weighted by Crippen LogP contribution is 2.55. The maximum Gasteiger partial charge on any atom is 0.387 e. The summed E-state index contributed by atoms with van der Waals surface area (Å²) < 4.78 is 58.1. The molecule has 1 saturated carbocycles. The molecule has 2 aliphatic carbocycles. The smallest absolute Gasteiger partial charge is 0.387 e. The molecule has 0 N–H and O–H groups in total. The van der Waals surface area contributed by atoms with Gasteiger partial charge in [0.1, 0.15) is 17.4 Å². The number of rotatable bonds is 6. The van der Waals surface area contributed by atoms with Crippen molar-refractivity contribution in [3.05, 3.63) is 76.9 Å². The van der Waals surface area contributed by atoms with E-state index in [1.54, 1.807) is 12.1 Å². The van der Waals surface area contributed by atoms with Crippen molar-refractivity contribution in [1.82, 2.24) is 0 Å². The zero-order chi connectivity index (χ0) is 22.0. The van der Waals surface area contributed by atoms with Gasteiger partial charge >= 0.3 is 6.61 Å². The van der Waals surface area contributed by atoms with Crippen LogP contribution < -0.4 is 4.74 Å². The van der Waals surface area contributed by atoms with Gasteiger partial charge in [-0.25, -0.2) is 8.78 Å². The van der Waals surface area contributed by atoms with Crippen LogP contribution in [0.2, 0.25) is 0 Å². The van der Waals surface area contributed by atoms with Crippen LogP contribution in [0.3, 0.4) is 0 Å². The van der Waals surface area contributed by atoms with Gasteiger partial charge in [-0.15, -0.1) is 0 Å². The molecule has 2 aliphatic rings. The summed E-state index contributed by atoms with van der Waals surface area (Å²) in [5, 5.41) is 0. The van der Waals surface area contributed by atoms with Gasteiger partial charge in [0.05, 0.1) is 0 Å². The largest absolute Gasteiger partial charge is 0.435 e. The van der Waals surface area contributed by atoms with E-state index in [-0.39, 0.29) is 23.5 Å². The van der Waals surface area contributed by atoms with Crippen molar-refractivity contribution in [2.24, 2.45) is 11.8 Å². The standard InChI is InChI=1S/C26H28F4O/c1-2-3-4-5-16-8-11-20-22(13-12-21-23(20)14-18(27)15-24(21)28)25(16)17-6-9-19(10-7-17)31-26(29)30/h2-3,6-7,9-10,14-16,20,22,25-26H,4-5,8,11-13H2,1H3/b3-2+/t16-,20-,22+,25-/m1/s1. The van der Waals surface area contributed by atoms with E-state index in [2.05, 4.69) is 16.9 Å². The Hall–Kier alpha value is -2.30. The second-order valence-electron chi connectivity index (χ2n) is 8.72. The molecule has 0 spiro atoms. The van der Waals surface area contributed by atoms with Crippen molar-refractivity contribution in [1.29, 1.82) is 0 Å². The van der Waals surface area contributed by atoms with Gasteiger partial charge in [0.15, 0.2) is 0 Å². The number of ether oxygens (including phenoxy) is 1. The van der Waals surface area contributed by atoms with E-state index in [0.717, 1.165) is 49.3 Å². The van der Waals surface area contributed by atoms with Gasteiger partial charge in [0, 0.05) is 6.07 Å². The molecule has 0 radical (unpaired) electrons. The lowest BCUT2D eigenvalue weighted by molar-refractivity contribution is -0.0498. The molecule has 0 unspecified atom stereocenters. The summed E-state index contributed by atoms with van der Waals surface area (Å²) in [5.41, 5.74) is 2.58. The van der Waals surface area contributed by atoms with Crippen LogP contribution in [0, 0.1) is 23.5 Å². The van der Waals surface area contributed by atoms with Crippen LogP contribution in [0.4, 0.5) is 17.6 Å². The lowest BCUT2D eigenvalue weighted by Crippen LogP contribution is -2.35. The molecule has 166 valence electrons. The summed E-state index contributed by atoms with van der Waals surface area (Å²) in [4.78, 5) is 0. The van der Waals surface area contributed by atoms with Crippen molar-refractivity contribution in [2.75, 3.05) is 0 Å². The quantitative estimate of drug-likeness (QED) is 0.335. The normalized spacial score (nSPS) is 25.5. The summed E-state index contributed by atoms with van der Waals surface area (Å²) >= 11 is 0. The third kappa shape index (κ3) is 4.65. The van der Waals surface area contributed by atoms with Gasteiger partial charge in [-0.05, 0) is 104 Å². The zero-order valence-corrected chi connectivity index (χ0v) is 17.7. The van der Waals surface area contributed by atoms with E-state index in [9.17, 15) is 17.6 Å². The average molecular weight is 433 g/mol. The maximum atomic E-state index is 14.4. The van der Waals surface area contributed by atoms with E-state index >= 15 is 0 Å². The number of allylic oxidation sites excluding steroid dienone is 2. The predicted molar refractivity (Wildman–Crippen MR) is 113 cm³/mol. The fraction of sp³-hybridized carbons (Fsp3) is 0.462. The Morgan fingerprint density at radius 3 is 2.55 bits per heavy atom. The molecule has 31 heavy (non-hydrogen) atoms. The van der Waals surface area contributed by atoms with E-state index in [4.69, 9.17) is 0 Å². The van der Waals surface area contributed by atoms with Gasteiger partial charge in [0.2, 0.25) is 0 Å². The highest BCUT2D eigenvalue weighted by atomic mass is 19.3. The molecule has 0 heterocycles. The summed E-state index contributed by atoms with van der Waals surface area (Å²) in [6.07, 6.45) is 9.61. The number of benzene rings is 2. The maximum absolute atomic E-state index is 14.4. The molecule has 0 bridgehead atoms. The van der Waals surface area contributed by atoms with Crippen LogP contribution in [0.25, 0.3) is 0 Å². The summed E-state index contributed by atoms with van der Waals surface area (Å²) in [6, 6.07) is 9.48. The van der Waals surface area contributed by atoms with E-state index in [1.807, 2.05) is 19.1 Å². The molecule has 2 aromatic carbocycles. The molecular weight excluding hydrogens is 404 g/mol. The zero-order valence-electron chi connectivity index (χ0n) is 17.7. The predicted octanol–water partition coefficient (Wildman–Crippen LogP) is 7.76. The van der Waals surface area contributed by atoms with Crippen molar-refractivity contribution in [3.63, 3.8) is 0 Å². The summed E-state index contributed by atoms with van der Waals surface area (Å²) in [6.45, 7) is -0.838. The third-order valence-corrected chi connectivity index (χ3v) is 7.09. The topological polar surface area (TPSA) is 9.23 Å². The molecule has 1 nitrogen and oxygen atoms in total. The van der Waals surface area contributed by atoms with Gasteiger partial charge in [-0.3, -0.25) is 0 Å². The number of hydrogen-bond acceptors (Lipinski definition) is 1. The molecular formula is C26H28F4O. The molecule has 4 atom stereocenters. The Labute approximate surface area is 181 Å². The average Bonchev–Trinajstić information content (AvgIpc) is 2.73. The Bertz CT molecular complexity index is 922. The molecule has 5 heteroatoms. The SMILES string of the molecule is C/C=C/CC[C@@H]1CC[C@H]2c3cc(F)cc(F)c3CC[C@@H]2[C@H]1c1ccc(OC(F)F)cc1. The van der Waals surface area contributed by atoms with E-state index < -0.39 is 18.2 Å². The van der Waals surface area contributed by atoms with E-state index in [0.29, 0.717) is 17.9 Å². The minimum absolute atomic E-state index is 0.119. The van der Waals surface area contributed by atoms with Crippen LogP contribution in [0.1, 0.15) is 67.6 Å². The lowest BCUT2D eigenvalue weighted by atomic mass is 9.57. The second-order valence-corrected chi connectivity index (χ2v) is 8.72. The fourth-order valence-electron chi connectivity index (χ4n) is 5.87.